The molecule has 0 fully saturated rings. The van der Waals surface area contributed by atoms with Crippen molar-refractivity contribution in [1.82, 2.24) is 4.98 Å². The van der Waals surface area contributed by atoms with Gasteiger partial charge in [-0.2, -0.15) is 12.6 Å². The second-order valence-electron chi connectivity index (χ2n) is 3.15. The lowest BCUT2D eigenvalue weighted by molar-refractivity contribution is 0.294. The minimum absolute atomic E-state index is 0.724. The first-order chi connectivity index (χ1) is 6.93. The topological polar surface area (TPSA) is 22.1 Å². The highest BCUT2D eigenvalue weighted by atomic mass is 32.1. The summed E-state index contributed by atoms with van der Waals surface area (Å²) < 4.78 is 5.46. The molecule has 0 spiro atoms. The number of pyridine rings is 1. The summed E-state index contributed by atoms with van der Waals surface area (Å²) in [6, 6.07) is 5.70. The predicted octanol–water partition coefficient (Wildman–Crippen LogP) is 2.95. The minimum atomic E-state index is 0.724. The molecule has 0 saturated heterocycles. The molecule has 0 unspecified atom stereocenters. The number of rotatable bonds is 7. The number of nitrogens with zero attached hydrogens (tertiary/aromatic N) is 1. The van der Waals surface area contributed by atoms with Gasteiger partial charge in [-0.1, -0.05) is 18.9 Å². The Labute approximate surface area is 91.1 Å². The van der Waals surface area contributed by atoms with Gasteiger partial charge in [0.25, 0.3) is 0 Å². The van der Waals surface area contributed by atoms with E-state index < -0.39 is 0 Å². The third-order valence-electron chi connectivity index (χ3n) is 1.94. The van der Waals surface area contributed by atoms with E-state index in [0.717, 1.165) is 24.7 Å². The smallest absolute Gasteiger partial charge is 0.213 e. The van der Waals surface area contributed by atoms with Crippen molar-refractivity contribution < 1.29 is 4.74 Å². The summed E-state index contributed by atoms with van der Waals surface area (Å²) in [5, 5.41) is 0. The van der Waals surface area contributed by atoms with E-state index in [4.69, 9.17) is 4.74 Å². The lowest BCUT2D eigenvalue weighted by atomic mass is 10.2. The van der Waals surface area contributed by atoms with Crippen molar-refractivity contribution in [2.24, 2.45) is 0 Å². The molecule has 1 heterocycles. The zero-order chi connectivity index (χ0) is 10.1. The number of ether oxygens (including phenoxy) is 1. The molecule has 14 heavy (non-hydrogen) atoms. The van der Waals surface area contributed by atoms with Crippen molar-refractivity contribution >= 4 is 12.6 Å². The molecule has 1 aromatic rings. The van der Waals surface area contributed by atoms with Crippen LogP contribution in [0.3, 0.4) is 0 Å². The summed E-state index contributed by atoms with van der Waals surface area (Å²) in [6.45, 7) is 0.767. The van der Waals surface area contributed by atoms with Gasteiger partial charge in [0.1, 0.15) is 0 Å². The average molecular weight is 211 g/mol. The first-order valence-electron chi connectivity index (χ1n) is 5.08. The van der Waals surface area contributed by atoms with Gasteiger partial charge in [-0.3, -0.25) is 0 Å². The fourth-order valence-electron chi connectivity index (χ4n) is 1.18. The van der Waals surface area contributed by atoms with Crippen molar-refractivity contribution in [2.45, 2.75) is 25.7 Å². The summed E-state index contributed by atoms with van der Waals surface area (Å²) >= 11 is 4.16. The zero-order valence-electron chi connectivity index (χ0n) is 8.35. The van der Waals surface area contributed by atoms with Gasteiger partial charge < -0.3 is 4.74 Å². The fraction of sp³-hybridized carbons (Fsp3) is 0.545. The summed E-state index contributed by atoms with van der Waals surface area (Å²) in [7, 11) is 0. The number of hydrogen-bond donors (Lipinski definition) is 1. The van der Waals surface area contributed by atoms with E-state index in [-0.39, 0.29) is 0 Å². The highest BCUT2D eigenvalue weighted by Crippen LogP contribution is 2.06. The Bertz CT molecular complexity index is 228. The first-order valence-corrected chi connectivity index (χ1v) is 5.71. The van der Waals surface area contributed by atoms with Gasteiger partial charge in [0.2, 0.25) is 5.88 Å². The molecule has 0 radical (unpaired) electrons. The fourth-order valence-corrected chi connectivity index (χ4v) is 1.40. The van der Waals surface area contributed by atoms with Gasteiger partial charge in [0.15, 0.2) is 0 Å². The SMILES string of the molecule is SCCCCCCOc1ccccn1. The molecule has 0 aliphatic rings. The molecule has 0 N–H and O–H groups in total. The Hall–Kier alpha value is -0.700. The molecule has 0 amide bonds. The first kappa shape index (κ1) is 11.4. The van der Waals surface area contributed by atoms with Crippen LogP contribution in [-0.2, 0) is 0 Å². The van der Waals surface area contributed by atoms with Crippen LogP contribution in [0.25, 0.3) is 0 Å². The largest absolute Gasteiger partial charge is 0.478 e. The van der Waals surface area contributed by atoms with E-state index in [2.05, 4.69) is 17.6 Å². The van der Waals surface area contributed by atoms with E-state index in [1.807, 2.05) is 18.2 Å². The van der Waals surface area contributed by atoms with Crippen molar-refractivity contribution in [1.29, 1.82) is 0 Å². The Kier molecular flexibility index (Phi) is 6.24. The molecule has 0 aliphatic carbocycles. The molecule has 3 heteroatoms. The maximum atomic E-state index is 5.46. The number of unbranched alkanes of at least 4 members (excludes halogenated alkanes) is 3. The number of hydrogen-bond acceptors (Lipinski definition) is 3. The normalized spacial score (nSPS) is 10.1. The third kappa shape index (κ3) is 5.12. The molecule has 0 bridgehead atoms. The van der Waals surface area contributed by atoms with Crippen LogP contribution >= 0.6 is 12.6 Å². The van der Waals surface area contributed by atoms with Crippen LogP contribution in [0, 0.1) is 0 Å². The third-order valence-corrected chi connectivity index (χ3v) is 2.26. The molecule has 0 saturated carbocycles. The minimum Gasteiger partial charge on any atom is -0.478 e. The van der Waals surface area contributed by atoms with Crippen LogP contribution in [0.4, 0.5) is 0 Å². The Balaban J connectivity index is 1.99. The van der Waals surface area contributed by atoms with Crippen LogP contribution < -0.4 is 4.74 Å². The van der Waals surface area contributed by atoms with Gasteiger partial charge in [0, 0.05) is 12.3 Å². The number of thiol groups is 1. The van der Waals surface area contributed by atoms with Gasteiger partial charge in [-0.05, 0) is 24.7 Å². The highest BCUT2D eigenvalue weighted by molar-refractivity contribution is 7.80. The van der Waals surface area contributed by atoms with Gasteiger partial charge in [0.05, 0.1) is 6.61 Å². The van der Waals surface area contributed by atoms with E-state index in [0.29, 0.717) is 0 Å². The molecular weight excluding hydrogens is 194 g/mol. The van der Waals surface area contributed by atoms with Crippen LogP contribution in [0.2, 0.25) is 0 Å². The molecule has 2 nitrogen and oxygen atoms in total. The highest BCUT2D eigenvalue weighted by Gasteiger charge is 1.93. The Morgan fingerprint density at radius 3 is 2.71 bits per heavy atom. The van der Waals surface area contributed by atoms with Gasteiger partial charge in [-0.15, -0.1) is 0 Å². The Morgan fingerprint density at radius 1 is 1.14 bits per heavy atom. The van der Waals surface area contributed by atoms with Gasteiger partial charge >= 0.3 is 0 Å². The van der Waals surface area contributed by atoms with Crippen molar-refractivity contribution in [2.75, 3.05) is 12.4 Å². The molecule has 1 rings (SSSR count). The molecule has 78 valence electrons. The van der Waals surface area contributed by atoms with E-state index >= 15 is 0 Å². The quantitative estimate of drug-likeness (QED) is 0.553. The van der Waals surface area contributed by atoms with Crippen molar-refractivity contribution in [3.05, 3.63) is 24.4 Å². The maximum Gasteiger partial charge on any atom is 0.213 e. The van der Waals surface area contributed by atoms with Crippen molar-refractivity contribution in [3.63, 3.8) is 0 Å². The lowest BCUT2D eigenvalue weighted by Gasteiger charge is -2.03. The lowest BCUT2D eigenvalue weighted by Crippen LogP contribution is -1.98. The summed E-state index contributed by atoms with van der Waals surface area (Å²) in [6.07, 6.45) is 6.51. The van der Waals surface area contributed by atoms with E-state index in [1.165, 1.54) is 19.3 Å². The second-order valence-corrected chi connectivity index (χ2v) is 3.60. The van der Waals surface area contributed by atoms with Gasteiger partial charge in [-0.25, -0.2) is 4.98 Å². The average Bonchev–Trinajstić information content (AvgIpc) is 2.25. The van der Waals surface area contributed by atoms with Crippen LogP contribution in [-0.4, -0.2) is 17.3 Å². The summed E-state index contributed by atoms with van der Waals surface area (Å²) in [5.74, 6) is 1.71. The Morgan fingerprint density at radius 2 is 2.00 bits per heavy atom. The summed E-state index contributed by atoms with van der Waals surface area (Å²) in [5.41, 5.74) is 0. The molecule has 0 atom stereocenters. The second kappa shape index (κ2) is 7.68. The molecular formula is C11H17NOS. The summed E-state index contributed by atoms with van der Waals surface area (Å²) in [4.78, 5) is 4.08. The zero-order valence-corrected chi connectivity index (χ0v) is 9.25. The maximum absolute atomic E-state index is 5.46. The molecule has 1 aromatic heterocycles. The molecule has 0 aromatic carbocycles. The molecule has 0 aliphatic heterocycles. The predicted molar refractivity (Wildman–Crippen MR) is 62.1 cm³/mol. The van der Waals surface area contributed by atoms with Crippen molar-refractivity contribution in [3.8, 4) is 5.88 Å². The monoisotopic (exact) mass is 211 g/mol. The van der Waals surface area contributed by atoms with Crippen LogP contribution in [0.5, 0.6) is 5.88 Å². The van der Waals surface area contributed by atoms with Crippen LogP contribution in [0.15, 0.2) is 24.4 Å². The number of aromatic nitrogens is 1. The van der Waals surface area contributed by atoms with Crippen LogP contribution in [0.1, 0.15) is 25.7 Å². The van der Waals surface area contributed by atoms with E-state index in [9.17, 15) is 0 Å². The van der Waals surface area contributed by atoms with E-state index in [1.54, 1.807) is 6.20 Å². The standard InChI is InChI=1S/C11H17NOS/c14-10-6-2-1-5-9-13-11-7-3-4-8-12-11/h3-4,7-8,14H,1-2,5-6,9-10H2.